The van der Waals surface area contributed by atoms with E-state index < -0.39 is 17.6 Å². The van der Waals surface area contributed by atoms with Crippen LogP contribution in [0, 0.1) is 0 Å². The third-order valence-electron chi connectivity index (χ3n) is 5.93. The van der Waals surface area contributed by atoms with Gasteiger partial charge in [-0.25, -0.2) is 4.79 Å². The van der Waals surface area contributed by atoms with Gasteiger partial charge in [-0.1, -0.05) is 0 Å². The predicted octanol–water partition coefficient (Wildman–Crippen LogP) is 1.56. The average molecular weight is 503 g/mol. The maximum atomic E-state index is 12.8. The third-order valence-corrected chi connectivity index (χ3v) is 5.93. The molecule has 0 bridgehead atoms. The van der Waals surface area contributed by atoms with E-state index >= 15 is 0 Å². The van der Waals surface area contributed by atoms with E-state index in [2.05, 4.69) is 10.6 Å². The number of imide groups is 1. The van der Waals surface area contributed by atoms with Crippen molar-refractivity contribution in [2.45, 2.75) is 51.7 Å². The number of piperidine rings is 1. The number of carbonyl (C=O) groups excluding carboxylic acids is 5. The molecule has 0 atom stereocenters. The number of ether oxygens (including phenoxy) is 2. The van der Waals surface area contributed by atoms with Gasteiger partial charge in [0.05, 0.1) is 11.1 Å². The molecule has 3 rings (SSSR count). The highest BCUT2D eigenvalue weighted by atomic mass is 16.6. The van der Waals surface area contributed by atoms with Gasteiger partial charge in [0.25, 0.3) is 17.7 Å². The zero-order valence-electron chi connectivity index (χ0n) is 21.2. The summed E-state index contributed by atoms with van der Waals surface area (Å²) in [5.41, 5.74) is 0.173. The zero-order chi connectivity index (χ0) is 26.5. The van der Waals surface area contributed by atoms with Gasteiger partial charge >= 0.3 is 6.09 Å². The molecule has 11 heteroatoms. The van der Waals surface area contributed by atoms with Gasteiger partial charge in [-0.05, 0) is 58.2 Å². The lowest BCUT2D eigenvalue weighted by Crippen LogP contribution is -2.49. The van der Waals surface area contributed by atoms with Crippen LogP contribution in [0.3, 0.4) is 0 Å². The minimum atomic E-state index is -0.648. The van der Waals surface area contributed by atoms with Crippen molar-refractivity contribution in [1.82, 2.24) is 20.4 Å². The summed E-state index contributed by atoms with van der Waals surface area (Å²) >= 11 is 0. The summed E-state index contributed by atoms with van der Waals surface area (Å²) in [5.74, 6) is -1.33. The summed E-state index contributed by atoms with van der Waals surface area (Å²) in [7, 11) is 1.55. The quantitative estimate of drug-likeness (QED) is 0.407. The van der Waals surface area contributed by atoms with E-state index in [0.717, 1.165) is 0 Å². The Balaban J connectivity index is 1.49. The molecule has 0 aliphatic carbocycles. The Morgan fingerprint density at radius 1 is 1.06 bits per heavy atom. The largest absolute Gasteiger partial charge is 0.444 e. The number of hydrogen-bond donors (Lipinski definition) is 2. The van der Waals surface area contributed by atoms with E-state index in [1.165, 1.54) is 17.0 Å². The number of benzene rings is 1. The highest BCUT2D eigenvalue weighted by Gasteiger charge is 2.35. The van der Waals surface area contributed by atoms with Crippen LogP contribution in [0.2, 0.25) is 0 Å². The maximum absolute atomic E-state index is 12.8. The predicted molar refractivity (Wildman–Crippen MR) is 130 cm³/mol. The first kappa shape index (κ1) is 27.1. The molecule has 2 heterocycles. The summed E-state index contributed by atoms with van der Waals surface area (Å²) in [6.45, 7) is 6.64. The summed E-state index contributed by atoms with van der Waals surface area (Å²) in [6, 6.07) is 4.37. The number of likely N-dealkylation sites (tertiary alicyclic amines) is 1. The van der Waals surface area contributed by atoms with E-state index in [1.54, 1.807) is 38.8 Å². The molecular weight excluding hydrogens is 468 g/mol. The second-order valence-electron chi connectivity index (χ2n) is 9.85. The molecule has 0 aromatic heterocycles. The highest BCUT2D eigenvalue weighted by Crippen LogP contribution is 2.24. The Hall–Kier alpha value is -3.47. The Morgan fingerprint density at radius 3 is 2.36 bits per heavy atom. The number of amides is 5. The van der Waals surface area contributed by atoms with Crippen molar-refractivity contribution in [2.24, 2.45) is 0 Å². The lowest BCUT2D eigenvalue weighted by molar-refractivity contribution is -0.131. The third kappa shape index (κ3) is 6.81. The molecular formula is C25H34N4O7. The molecule has 11 nitrogen and oxygen atoms in total. The molecule has 2 N–H and O–H groups in total. The minimum absolute atomic E-state index is 0.142. The standard InChI is InChI=1S/C25H34N4O7/c1-25(2,3)36-24(34)26-15-20(30)28-11-8-17(9-12-28)27-21(31)16-6-7-18-19(14-16)23(33)29(22(18)32)10-5-13-35-4/h6-7,14,17H,5,8-13,15H2,1-4H3,(H,26,34)(H,27,31). The van der Waals surface area contributed by atoms with Crippen LogP contribution in [-0.2, 0) is 14.3 Å². The second kappa shape index (κ2) is 11.5. The maximum Gasteiger partial charge on any atom is 0.408 e. The summed E-state index contributed by atoms with van der Waals surface area (Å²) < 4.78 is 10.1. The monoisotopic (exact) mass is 502 g/mol. The van der Waals surface area contributed by atoms with Gasteiger partial charge in [-0.3, -0.25) is 24.1 Å². The van der Waals surface area contributed by atoms with Crippen molar-refractivity contribution in [2.75, 3.05) is 39.9 Å². The first-order valence-electron chi connectivity index (χ1n) is 12.0. The molecule has 0 spiro atoms. The average Bonchev–Trinajstić information content (AvgIpc) is 3.06. The van der Waals surface area contributed by atoms with Crippen molar-refractivity contribution in [3.8, 4) is 0 Å². The van der Waals surface area contributed by atoms with Gasteiger partial charge in [0, 0.05) is 45.0 Å². The molecule has 1 fully saturated rings. The van der Waals surface area contributed by atoms with Gasteiger partial charge in [-0.15, -0.1) is 0 Å². The fourth-order valence-corrected chi connectivity index (χ4v) is 4.12. The van der Waals surface area contributed by atoms with Gasteiger partial charge in [0.15, 0.2) is 0 Å². The van der Waals surface area contributed by atoms with Crippen LogP contribution in [0.1, 0.15) is 71.1 Å². The lowest BCUT2D eigenvalue weighted by Gasteiger charge is -2.32. The van der Waals surface area contributed by atoms with Crippen molar-refractivity contribution in [1.29, 1.82) is 0 Å². The molecule has 1 saturated heterocycles. The molecule has 0 radical (unpaired) electrons. The summed E-state index contributed by atoms with van der Waals surface area (Å²) in [6.07, 6.45) is 0.998. The number of carbonyl (C=O) groups is 5. The normalized spacial score (nSPS) is 16.1. The van der Waals surface area contributed by atoms with E-state index in [0.29, 0.717) is 50.1 Å². The van der Waals surface area contributed by atoms with Gasteiger partial charge < -0.3 is 25.0 Å². The van der Waals surface area contributed by atoms with Crippen LogP contribution in [0.25, 0.3) is 0 Å². The molecule has 196 valence electrons. The number of methoxy groups -OCH3 is 1. The smallest absolute Gasteiger partial charge is 0.408 e. The van der Waals surface area contributed by atoms with E-state index in [9.17, 15) is 24.0 Å². The summed E-state index contributed by atoms with van der Waals surface area (Å²) in [5, 5.41) is 5.41. The van der Waals surface area contributed by atoms with Crippen LogP contribution < -0.4 is 10.6 Å². The molecule has 1 aromatic carbocycles. The van der Waals surface area contributed by atoms with Gasteiger partial charge in [-0.2, -0.15) is 0 Å². The van der Waals surface area contributed by atoms with Crippen molar-refractivity contribution < 1.29 is 33.4 Å². The second-order valence-corrected chi connectivity index (χ2v) is 9.85. The fraction of sp³-hybridized carbons (Fsp3) is 0.560. The molecule has 1 aromatic rings. The van der Waals surface area contributed by atoms with E-state index in [-0.39, 0.29) is 42.4 Å². The number of nitrogens with zero attached hydrogens (tertiary/aromatic N) is 2. The van der Waals surface area contributed by atoms with Crippen LogP contribution in [0.4, 0.5) is 4.79 Å². The molecule has 0 saturated carbocycles. The number of hydrogen-bond acceptors (Lipinski definition) is 7. The Bertz CT molecular complexity index is 1030. The molecule has 2 aliphatic rings. The number of fused-ring (bicyclic) bond motifs is 1. The Morgan fingerprint density at radius 2 is 1.72 bits per heavy atom. The molecule has 2 aliphatic heterocycles. The van der Waals surface area contributed by atoms with E-state index in [1.807, 2.05) is 0 Å². The van der Waals surface area contributed by atoms with Gasteiger partial charge in [0.2, 0.25) is 5.91 Å². The topological polar surface area (TPSA) is 134 Å². The fourth-order valence-electron chi connectivity index (χ4n) is 4.12. The van der Waals surface area contributed by atoms with Crippen LogP contribution in [-0.4, -0.2) is 91.1 Å². The highest BCUT2D eigenvalue weighted by molar-refractivity contribution is 6.22. The first-order valence-corrected chi connectivity index (χ1v) is 12.0. The summed E-state index contributed by atoms with van der Waals surface area (Å²) in [4.78, 5) is 65.0. The van der Waals surface area contributed by atoms with Crippen molar-refractivity contribution >= 4 is 29.7 Å². The van der Waals surface area contributed by atoms with Crippen molar-refractivity contribution in [3.05, 3.63) is 34.9 Å². The number of alkyl carbamates (subject to hydrolysis) is 1. The lowest BCUT2D eigenvalue weighted by atomic mass is 10.0. The van der Waals surface area contributed by atoms with Crippen LogP contribution in [0.5, 0.6) is 0 Å². The zero-order valence-corrected chi connectivity index (χ0v) is 21.2. The molecule has 5 amide bonds. The van der Waals surface area contributed by atoms with Gasteiger partial charge in [0.1, 0.15) is 12.1 Å². The SMILES string of the molecule is COCCCN1C(=O)c2ccc(C(=O)NC3CCN(C(=O)CNC(=O)OC(C)(C)C)CC3)cc2C1=O. The van der Waals surface area contributed by atoms with Crippen molar-refractivity contribution in [3.63, 3.8) is 0 Å². The van der Waals surface area contributed by atoms with E-state index in [4.69, 9.17) is 9.47 Å². The minimum Gasteiger partial charge on any atom is -0.444 e. The van der Waals surface area contributed by atoms with Crippen LogP contribution >= 0.6 is 0 Å². The number of nitrogens with one attached hydrogen (secondary N) is 2. The van der Waals surface area contributed by atoms with Crippen LogP contribution in [0.15, 0.2) is 18.2 Å². The first-order chi connectivity index (χ1) is 17.0. The Kier molecular flexibility index (Phi) is 8.67. The molecule has 36 heavy (non-hydrogen) atoms. The molecule has 0 unspecified atom stereocenters. The Labute approximate surface area is 210 Å². The number of rotatable bonds is 8.